The minimum atomic E-state index is -0.471. The Hall–Kier alpha value is -2.93. The van der Waals surface area contributed by atoms with Crippen LogP contribution in [0.25, 0.3) is 0 Å². The van der Waals surface area contributed by atoms with E-state index in [2.05, 4.69) is 15.2 Å². The molecule has 136 valence electrons. The average Bonchev–Trinajstić information content (AvgIpc) is 2.69. The molecule has 1 aromatic carbocycles. The Labute approximate surface area is 152 Å². The molecule has 0 aliphatic carbocycles. The summed E-state index contributed by atoms with van der Waals surface area (Å²) in [5.74, 6) is -0.471. The predicted octanol–water partition coefficient (Wildman–Crippen LogP) is 2.22. The zero-order valence-corrected chi connectivity index (χ0v) is 14.7. The highest BCUT2D eigenvalue weighted by Gasteiger charge is 2.22. The number of anilines is 1. The fourth-order valence-electron chi connectivity index (χ4n) is 2.90. The molecule has 1 fully saturated rings. The van der Waals surface area contributed by atoms with E-state index in [4.69, 9.17) is 4.74 Å². The van der Waals surface area contributed by atoms with Crippen molar-refractivity contribution in [2.24, 2.45) is 0 Å². The third-order valence-corrected chi connectivity index (χ3v) is 4.35. The van der Waals surface area contributed by atoms with Crippen LogP contribution in [0.5, 0.6) is 0 Å². The number of amides is 2. The monoisotopic (exact) mass is 354 g/mol. The third kappa shape index (κ3) is 4.37. The van der Waals surface area contributed by atoms with Gasteiger partial charge in [0.15, 0.2) is 0 Å². The Balaban J connectivity index is 1.55. The molecular formula is C19H22N4O3. The second-order valence-corrected chi connectivity index (χ2v) is 6.05. The van der Waals surface area contributed by atoms with Gasteiger partial charge in [0, 0.05) is 38.9 Å². The molecule has 0 bridgehead atoms. The van der Waals surface area contributed by atoms with Crippen molar-refractivity contribution in [3.05, 3.63) is 59.9 Å². The van der Waals surface area contributed by atoms with Gasteiger partial charge in [-0.05, 0) is 24.3 Å². The van der Waals surface area contributed by atoms with E-state index in [9.17, 15) is 9.59 Å². The minimum absolute atomic E-state index is 0.209. The normalized spacial score (nSPS) is 14.7. The summed E-state index contributed by atoms with van der Waals surface area (Å²) in [6, 6.07) is 12.5. The minimum Gasteiger partial charge on any atom is -0.465 e. The number of rotatable bonds is 4. The Kier molecular flexibility index (Phi) is 5.80. The molecule has 0 saturated carbocycles. The number of carbonyl (C=O) groups is 2. The van der Waals surface area contributed by atoms with Crippen LogP contribution in [0.4, 0.5) is 10.5 Å². The Bertz CT molecular complexity index is 758. The van der Waals surface area contributed by atoms with Crippen molar-refractivity contribution in [2.45, 2.75) is 6.54 Å². The molecule has 0 radical (unpaired) electrons. The lowest BCUT2D eigenvalue weighted by atomic mass is 10.2. The molecule has 0 spiro atoms. The van der Waals surface area contributed by atoms with Gasteiger partial charge >= 0.3 is 12.0 Å². The summed E-state index contributed by atoms with van der Waals surface area (Å²) in [5, 5.41) is 2.82. The predicted molar refractivity (Wildman–Crippen MR) is 97.9 cm³/mol. The number of esters is 1. The molecule has 7 heteroatoms. The van der Waals surface area contributed by atoms with E-state index in [0.29, 0.717) is 24.3 Å². The fourth-order valence-corrected chi connectivity index (χ4v) is 2.90. The number of nitrogens with one attached hydrogen (secondary N) is 1. The molecule has 0 unspecified atom stereocenters. The maximum Gasteiger partial charge on any atom is 0.339 e. The molecule has 1 aliphatic rings. The number of urea groups is 1. The van der Waals surface area contributed by atoms with Gasteiger partial charge in [0.25, 0.3) is 0 Å². The van der Waals surface area contributed by atoms with Gasteiger partial charge in [0.1, 0.15) is 0 Å². The maximum absolute atomic E-state index is 12.5. The molecule has 1 aliphatic heterocycles. The zero-order valence-electron chi connectivity index (χ0n) is 14.7. The summed E-state index contributed by atoms with van der Waals surface area (Å²) >= 11 is 0. The Morgan fingerprint density at radius 2 is 1.81 bits per heavy atom. The van der Waals surface area contributed by atoms with Crippen LogP contribution >= 0.6 is 0 Å². The summed E-state index contributed by atoms with van der Waals surface area (Å²) in [4.78, 5) is 32.7. The van der Waals surface area contributed by atoms with E-state index >= 15 is 0 Å². The van der Waals surface area contributed by atoms with Crippen molar-refractivity contribution in [2.75, 3.05) is 38.6 Å². The standard InChI is InChI=1S/C19H22N4O3/c1-26-18(24)16-7-2-3-8-17(16)21-19(25)23-12-10-22(11-13-23)14-15-6-4-5-9-20-15/h2-9H,10-14H2,1H3,(H,21,25). The van der Waals surface area contributed by atoms with Crippen molar-refractivity contribution >= 4 is 17.7 Å². The number of benzene rings is 1. The van der Waals surface area contributed by atoms with Crippen LogP contribution in [0.3, 0.4) is 0 Å². The van der Waals surface area contributed by atoms with Crippen molar-refractivity contribution in [3.8, 4) is 0 Å². The number of nitrogens with zero attached hydrogens (tertiary/aromatic N) is 3. The second-order valence-electron chi connectivity index (χ2n) is 6.05. The fraction of sp³-hybridized carbons (Fsp3) is 0.316. The molecule has 2 aromatic rings. The number of aromatic nitrogens is 1. The SMILES string of the molecule is COC(=O)c1ccccc1NC(=O)N1CCN(Cc2ccccn2)CC1. The molecule has 0 atom stereocenters. The number of hydrogen-bond donors (Lipinski definition) is 1. The number of ether oxygens (including phenoxy) is 1. The third-order valence-electron chi connectivity index (χ3n) is 4.35. The van der Waals surface area contributed by atoms with Gasteiger partial charge in [-0.2, -0.15) is 0 Å². The number of hydrogen-bond acceptors (Lipinski definition) is 5. The van der Waals surface area contributed by atoms with E-state index < -0.39 is 5.97 Å². The van der Waals surface area contributed by atoms with Gasteiger partial charge in [0.05, 0.1) is 24.1 Å². The summed E-state index contributed by atoms with van der Waals surface area (Å²) in [7, 11) is 1.32. The van der Waals surface area contributed by atoms with Gasteiger partial charge in [-0.1, -0.05) is 18.2 Å². The van der Waals surface area contributed by atoms with Gasteiger partial charge < -0.3 is 15.0 Å². The molecule has 2 heterocycles. The number of carbonyl (C=O) groups excluding carboxylic acids is 2. The first-order valence-electron chi connectivity index (χ1n) is 8.53. The van der Waals surface area contributed by atoms with Crippen molar-refractivity contribution < 1.29 is 14.3 Å². The van der Waals surface area contributed by atoms with Gasteiger partial charge in [0.2, 0.25) is 0 Å². The van der Waals surface area contributed by atoms with E-state index in [1.165, 1.54) is 7.11 Å². The van der Waals surface area contributed by atoms with Crippen LogP contribution in [0, 0.1) is 0 Å². The maximum atomic E-state index is 12.5. The summed E-state index contributed by atoms with van der Waals surface area (Å²) in [5.41, 5.74) is 1.83. The van der Waals surface area contributed by atoms with E-state index in [1.54, 1.807) is 35.4 Å². The van der Waals surface area contributed by atoms with E-state index in [0.717, 1.165) is 25.3 Å². The molecule has 2 amide bonds. The van der Waals surface area contributed by atoms with Crippen LogP contribution in [-0.2, 0) is 11.3 Å². The largest absolute Gasteiger partial charge is 0.465 e. The van der Waals surface area contributed by atoms with Gasteiger partial charge in [-0.25, -0.2) is 9.59 Å². The number of methoxy groups -OCH3 is 1. The average molecular weight is 354 g/mol. The second kappa shape index (κ2) is 8.44. The first-order valence-corrected chi connectivity index (χ1v) is 8.53. The van der Waals surface area contributed by atoms with Crippen molar-refractivity contribution in [1.82, 2.24) is 14.8 Å². The lowest BCUT2D eigenvalue weighted by molar-refractivity contribution is 0.0602. The topological polar surface area (TPSA) is 74.8 Å². The molecule has 3 rings (SSSR count). The lowest BCUT2D eigenvalue weighted by Crippen LogP contribution is -2.49. The summed E-state index contributed by atoms with van der Waals surface area (Å²) < 4.78 is 4.76. The molecule has 1 saturated heterocycles. The van der Waals surface area contributed by atoms with Crippen LogP contribution in [0.2, 0.25) is 0 Å². The smallest absolute Gasteiger partial charge is 0.339 e. The molecule has 1 N–H and O–H groups in total. The highest BCUT2D eigenvalue weighted by Crippen LogP contribution is 2.17. The lowest BCUT2D eigenvalue weighted by Gasteiger charge is -2.34. The molecule has 26 heavy (non-hydrogen) atoms. The number of pyridine rings is 1. The van der Waals surface area contributed by atoms with E-state index in [-0.39, 0.29) is 6.03 Å². The Morgan fingerprint density at radius 3 is 2.50 bits per heavy atom. The van der Waals surface area contributed by atoms with Gasteiger partial charge in [-0.15, -0.1) is 0 Å². The quantitative estimate of drug-likeness (QED) is 0.852. The van der Waals surface area contributed by atoms with Crippen molar-refractivity contribution in [1.29, 1.82) is 0 Å². The van der Waals surface area contributed by atoms with E-state index in [1.807, 2.05) is 18.2 Å². The molecular weight excluding hydrogens is 332 g/mol. The van der Waals surface area contributed by atoms with Crippen molar-refractivity contribution in [3.63, 3.8) is 0 Å². The van der Waals surface area contributed by atoms with Crippen LogP contribution in [-0.4, -0.2) is 60.1 Å². The zero-order chi connectivity index (χ0) is 18.4. The highest BCUT2D eigenvalue weighted by atomic mass is 16.5. The van der Waals surface area contributed by atoms with Crippen LogP contribution in [0.1, 0.15) is 16.1 Å². The summed E-state index contributed by atoms with van der Waals surface area (Å²) in [6.45, 7) is 3.59. The van der Waals surface area contributed by atoms with Gasteiger partial charge in [-0.3, -0.25) is 9.88 Å². The molecule has 1 aromatic heterocycles. The Morgan fingerprint density at radius 1 is 1.08 bits per heavy atom. The first-order chi connectivity index (χ1) is 12.7. The molecule has 7 nitrogen and oxygen atoms in total. The summed E-state index contributed by atoms with van der Waals surface area (Å²) in [6.07, 6.45) is 1.79. The number of para-hydroxylation sites is 1. The van der Waals surface area contributed by atoms with Crippen LogP contribution < -0.4 is 5.32 Å². The number of piperazine rings is 1. The highest BCUT2D eigenvalue weighted by molar-refractivity contribution is 6.00. The van der Waals surface area contributed by atoms with Crippen LogP contribution in [0.15, 0.2) is 48.7 Å². The first kappa shape index (κ1) is 17.9.